The topological polar surface area (TPSA) is 80.3 Å². The zero-order chi connectivity index (χ0) is 23.2. The van der Waals surface area contributed by atoms with Gasteiger partial charge in [-0.2, -0.15) is 0 Å². The van der Waals surface area contributed by atoms with Crippen LogP contribution in [0.3, 0.4) is 0 Å². The molecule has 33 heavy (non-hydrogen) atoms. The second kappa shape index (κ2) is 10.8. The van der Waals surface area contributed by atoms with Crippen molar-refractivity contribution < 1.29 is 18.7 Å². The van der Waals surface area contributed by atoms with Crippen LogP contribution >= 0.6 is 22.9 Å². The minimum Gasteiger partial charge on any atom is -0.486 e. The Kier molecular flexibility index (Phi) is 7.57. The van der Waals surface area contributed by atoms with Crippen molar-refractivity contribution in [3.8, 4) is 5.75 Å². The van der Waals surface area contributed by atoms with Crippen LogP contribution < -0.4 is 15.4 Å². The van der Waals surface area contributed by atoms with Gasteiger partial charge in [0.05, 0.1) is 0 Å². The minimum atomic E-state index is -0.393. The largest absolute Gasteiger partial charge is 0.486 e. The second-order valence-electron chi connectivity index (χ2n) is 7.82. The van der Waals surface area contributed by atoms with E-state index in [0.29, 0.717) is 27.0 Å². The Balaban J connectivity index is 1.33. The molecule has 0 spiro atoms. The third-order valence-corrected chi connectivity index (χ3v) is 6.54. The molecule has 6 nitrogen and oxygen atoms in total. The molecule has 1 saturated carbocycles. The highest BCUT2D eigenvalue weighted by Gasteiger charge is 2.29. The number of halogens is 2. The fraction of sp³-hybridized carbons (Fsp3) is 0.292. The molecule has 1 heterocycles. The highest BCUT2D eigenvalue weighted by Crippen LogP contribution is 2.21. The van der Waals surface area contributed by atoms with Crippen LogP contribution in [0.15, 0.2) is 53.9 Å². The second-order valence-corrected chi connectivity index (χ2v) is 9.20. The van der Waals surface area contributed by atoms with E-state index in [1.165, 1.54) is 35.6 Å². The van der Waals surface area contributed by atoms with Gasteiger partial charge >= 0.3 is 0 Å². The van der Waals surface area contributed by atoms with Gasteiger partial charge in [0.15, 0.2) is 0 Å². The van der Waals surface area contributed by atoms with Crippen molar-refractivity contribution >= 4 is 34.8 Å². The molecule has 0 unspecified atom stereocenters. The number of rotatable bonds is 7. The average Bonchev–Trinajstić information content (AvgIpc) is 3.30. The van der Waals surface area contributed by atoms with Crippen molar-refractivity contribution in [1.29, 1.82) is 0 Å². The van der Waals surface area contributed by atoms with E-state index in [0.717, 1.165) is 25.7 Å². The van der Waals surface area contributed by atoms with Crippen LogP contribution in [0, 0.1) is 5.82 Å². The maximum Gasteiger partial charge on any atom is 0.271 e. The number of carbonyl (C=O) groups excluding carboxylic acids is 2. The molecule has 2 atom stereocenters. The lowest BCUT2D eigenvalue weighted by Crippen LogP contribution is -2.53. The maximum atomic E-state index is 13.1. The lowest BCUT2D eigenvalue weighted by Gasteiger charge is -2.32. The molecule has 1 aromatic heterocycles. The smallest absolute Gasteiger partial charge is 0.271 e. The lowest BCUT2D eigenvalue weighted by molar-refractivity contribution is 0.0860. The number of hydrogen-bond acceptors (Lipinski definition) is 5. The van der Waals surface area contributed by atoms with Gasteiger partial charge in [-0.25, -0.2) is 9.37 Å². The van der Waals surface area contributed by atoms with Gasteiger partial charge in [0.2, 0.25) is 0 Å². The number of hydrogen-bond donors (Lipinski definition) is 2. The van der Waals surface area contributed by atoms with Crippen molar-refractivity contribution in [2.45, 2.75) is 44.4 Å². The van der Waals surface area contributed by atoms with Gasteiger partial charge in [-0.05, 0) is 61.4 Å². The monoisotopic (exact) mass is 487 g/mol. The molecular weight excluding hydrogens is 465 g/mol. The molecule has 9 heteroatoms. The number of thiazole rings is 1. The molecule has 3 aromatic rings. The molecule has 2 N–H and O–H groups in total. The van der Waals surface area contributed by atoms with Gasteiger partial charge in [-0.1, -0.05) is 24.4 Å². The SMILES string of the molecule is O=C(N[C@@H]1CCCC[C@@H]1NC(=O)c1csc(COc2ccc(Cl)cc2)n1)c1ccc(F)cc1. The van der Waals surface area contributed by atoms with Crippen molar-refractivity contribution in [2.24, 2.45) is 0 Å². The predicted molar refractivity (Wildman–Crippen MR) is 125 cm³/mol. The molecule has 0 saturated heterocycles. The van der Waals surface area contributed by atoms with E-state index >= 15 is 0 Å². The Morgan fingerprint density at radius 2 is 1.64 bits per heavy atom. The van der Waals surface area contributed by atoms with E-state index in [4.69, 9.17) is 16.3 Å². The average molecular weight is 488 g/mol. The quantitative estimate of drug-likeness (QED) is 0.492. The first-order valence-electron chi connectivity index (χ1n) is 10.7. The zero-order valence-electron chi connectivity index (χ0n) is 17.7. The number of carbonyl (C=O) groups is 2. The number of aromatic nitrogens is 1. The molecule has 2 amide bonds. The van der Waals surface area contributed by atoms with Crippen molar-refractivity contribution in [3.05, 3.63) is 81.0 Å². The fourth-order valence-electron chi connectivity index (χ4n) is 3.73. The molecular formula is C24H23ClFN3O3S. The third kappa shape index (κ3) is 6.30. The van der Waals surface area contributed by atoms with E-state index < -0.39 is 5.82 Å². The molecule has 2 aromatic carbocycles. The zero-order valence-corrected chi connectivity index (χ0v) is 19.3. The maximum absolute atomic E-state index is 13.1. The van der Waals surface area contributed by atoms with Crippen LogP contribution in [0.5, 0.6) is 5.75 Å². The fourth-order valence-corrected chi connectivity index (χ4v) is 4.54. The van der Waals surface area contributed by atoms with Gasteiger partial charge in [0, 0.05) is 28.0 Å². The number of nitrogens with one attached hydrogen (secondary N) is 2. The predicted octanol–water partition coefficient (Wildman–Crippen LogP) is 4.99. The summed E-state index contributed by atoms with van der Waals surface area (Å²) in [7, 11) is 0. The van der Waals surface area contributed by atoms with Crippen LogP contribution in [0.4, 0.5) is 4.39 Å². The molecule has 4 rings (SSSR count). The summed E-state index contributed by atoms with van der Waals surface area (Å²) < 4.78 is 18.8. The normalized spacial score (nSPS) is 17.9. The Morgan fingerprint density at radius 3 is 2.30 bits per heavy atom. The first-order valence-corrected chi connectivity index (χ1v) is 11.9. The molecule has 1 aliphatic rings. The Bertz CT molecular complexity index is 1100. The summed E-state index contributed by atoms with van der Waals surface area (Å²) in [4.78, 5) is 29.7. The summed E-state index contributed by atoms with van der Waals surface area (Å²) in [5.74, 6) is -0.286. The highest BCUT2D eigenvalue weighted by molar-refractivity contribution is 7.09. The van der Waals surface area contributed by atoms with Gasteiger partial charge in [-0.15, -0.1) is 11.3 Å². The van der Waals surface area contributed by atoms with Gasteiger partial charge < -0.3 is 15.4 Å². The Labute approximate surface area is 200 Å². The molecule has 1 fully saturated rings. The van der Waals surface area contributed by atoms with E-state index in [9.17, 15) is 14.0 Å². The molecule has 0 bridgehead atoms. The summed E-state index contributed by atoms with van der Waals surface area (Å²) in [6, 6.07) is 12.0. The molecule has 0 aliphatic heterocycles. The van der Waals surface area contributed by atoms with Gasteiger partial charge in [0.25, 0.3) is 11.8 Å². The summed E-state index contributed by atoms with van der Waals surface area (Å²) in [6.45, 7) is 0.249. The highest BCUT2D eigenvalue weighted by atomic mass is 35.5. The Morgan fingerprint density at radius 1 is 1.00 bits per heavy atom. The van der Waals surface area contributed by atoms with Crippen LogP contribution in [-0.4, -0.2) is 28.9 Å². The van der Waals surface area contributed by atoms with Crippen LogP contribution in [-0.2, 0) is 6.61 Å². The number of amides is 2. The standard InChI is InChI=1S/C24H23ClFN3O3S/c25-16-7-11-18(12-8-16)32-13-22-27-21(14-33-22)24(31)29-20-4-2-1-3-19(20)28-23(30)15-5-9-17(26)10-6-15/h5-12,14,19-20H,1-4,13H2,(H,28,30)(H,29,31)/t19-,20+/m1/s1. The van der Waals surface area contributed by atoms with E-state index in [1.54, 1.807) is 29.6 Å². The molecule has 1 aliphatic carbocycles. The molecule has 0 radical (unpaired) electrons. The van der Waals surface area contributed by atoms with Crippen LogP contribution in [0.1, 0.15) is 51.5 Å². The lowest BCUT2D eigenvalue weighted by atomic mass is 9.90. The van der Waals surface area contributed by atoms with E-state index in [1.807, 2.05) is 0 Å². The summed E-state index contributed by atoms with van der Waals surface area (Å²) >= 11 is 7.22. The minimum absolute atomic E-state index is 0.202. The number of nitrogens with zero attached hydrogens (tertiary/aromatic N) is 1. The Hall–Kier alpha value is -2.97. The molecule has 172 valence electrons. The van der Waals surface area contributed by atoms with Crippen molar-refractivity contribution in [1.82, 2.24) is 15.6 Å². The van der Waals surface area contributed by atoms with Crippen LogP contribution in [0.25, 0.3) is 0 Å². The van der Waals surface area contributed by atoms with Crippen molar-refractivity contribution in [2.75, 3.05) is 0 Å². The summed E-state index contributed by atoms with van der Waals surface area (Å²) in [5.41, 5.74) is 0.709. The van der Waals surface area contributed by atoms with Gasteiger partial charge in [0.1, 0.15) is 28.9 Å². The first-order chi connectivity index (χ1) is 16.0. The number of ether oxygens (including phenoxy) is 1. The van der Waals surface area contributed by atoms with E-state index in [2.05, 4.69) is 15.6 Å². The van der Waals surface area contributed by atoms with E-state index in [-0.39, 0.29) is 30.5 Å². The summed E-state index contributed by atoms with van der Waals surface area (Å²) in [5, 5.41) is 9.02. The van der Waals surface area contributed by atoms with Gasteiger partial charge in [-0.3, -0.25) is 9.59 Å². The van der Waals surface area contributed by atoms with Crippen molar-refractivity contribution in [3.63, 3.8) is 0 Å². The number of benzene rings is 2. The summed E-state index contributed by atoms with van der Waals surface area (Å²) in [6.07, 6.45) is 3.45. The third-order valence-electron chi connectivity index (χ3n) is 5.47. The first kappa shape index (κ1) is 23.2. The van der Waals surface area contributed by atoms with Crippen LogP contribution in [0.2, 0.25) is 5.02 Å².